The number of hydrogen-bond donors (Lipinski definition) is 0. The zero-order valence-electron chi connectivity index (χ0n) is 17.4. The van der Waals surface area contributed by atoms with Crippen molar-refractivity contribution in [1.29, 1.82) is 0 Å². The van der Waals surface area contributed by atoms with Gasteiger partial charge in [-0.05, 0) is 53.5 Å². The van der Waals surface area contributed by atoms with Crippen molar-refractivity contribution in [3.8, 4) is 5.75 Å². The first-order valence-electron chi connectivity index (χ1n) is 10.2. The third-order valence-electron chi connectivity index (χ3n) is 5.08. The van der Waals surface area contributed by atoms with Crippen molar-refractivity contribution in [2.75, 3.05) is 11.4 Å². The number of halogens is 2. The molecule has 3 nitrogen and oxygen atoms in total. The number of para-hydroxylation sites is 1. The molecule has 1 amide bonds. The average Bonchev–Trinajstić information content (AvgIpc) is 3.00. The summed E-state index contributed by atoms with van der Waals surface area (Å²) in [4.78, 5) is 15.0. The summed E-state index contributed by atoms with van der Waals surface area (Å²) in [5.74, 6) is 1.03. The van der Waals surface area contributed by atoms with Gasteiger partial charge in [0.15, 0.2) is 0 Å². The van der Waals surface area contributed by atoms with E-state index in [1.807, 2.05) is 77.7 Å². The maximum absolute atomic E-state index is 13.1. The van der Waals surface area contributed by atoms with Crippen LogP contribution in [0.2, 0.25) is 5.02 Å². The van der Waals surface area contributed by atoms with Gasteiger partial charge in [-0.15, -0.1) is 0 Å². The van der Waals surface area contributed by atoms with Gasteiger partial charge in [0.05, 0.1) is 10.7 Å². The number of ether oxygens (including phenoxy) is 1. The predicted octanol–water partition coefficient (Wildman–Crippen LogP) is 7.22. The number of rotatable bonds is 6. The lowest BCUT2D eigenvalue weighted by Crippen LogP contribution is -2.30. The molecule has 31 heavy (non-hydrogen) atoms. The molecule has 0 unspecified atom stereocenters. The first-order chi connectivity index (χ1) is 14.9. The van der Waals surface area contributed by atoms with Gasteiger partial charge in [-0.3, -0.25) is 4.79 Å². The number of benzene rings is 3. The lowest BCUT2D eigenvalue weighted by Gasteiger charge is -2.19. The minimum Gasteiger partial charge on any atom is -0.487 e. The number of anilines is 1. The van der Waals surface area contributed by atoms with E-state index in [1.165, 1.54) is 0 Å². The Labute approximate surface area is 196 Å². The van der Waals surface area contributed by atoms with Gasteiger partial charge in [0.1, 0.15) is 12.4 Å². The molecule has 1 heterocycles. The Hall–Kier alpha value is -2.56. The van der Waals surface area contributed by atoms with Crippen molar-refractivity contribution in [3.05, 3.63) is 92.9 Å². The molecule has 0 N–H and O–H groups in total. The second-order valence-electron chi connectivity index (χ2n) is 7.99. The molecule has 0 aliphatic carbocycles. The van der Waals surface area contributed by atoms with Gasteiger partial charge in [-0.1, -0.05) is 77.8 Å². The molecule has 0 radical (unpaired) electrons. The van der Waals surface area contributed by atoms with Gasteiger partial charge in [0.2, 0.25) is 0 Å². The molecule has 0 aromatic heterocycles. The third-order valence-corrected chi connectivity index (χ3v) is 5.91. The van der Waals surface area contributed by atoms with E-state index in [-0.39, 0.29) is 5.91 Å². The van der Waals surface area contributed by atoms with Crippen molar-refractivity contribution in [1.82, 2.24) is 0 Å². The second-order valence-corrected chi connectivity index (χ2v) is 9.31. The molecule has 4 rings (SSSR count). The fourth-order valence-electron chi connectivity index (χ4n) is 3.62. The van der Waals surface area contributed by atoms with E-state index >= 15 is 0 Å². The molecule has 3 aromatic carbocycles. The Bertz CT molecular complexity index is 1140. The topological polar surface area (TPSA) is 29.5 Å². The van der Waals surface area contributed by atoms with E-state index in [2.05, 4.69) is 29.8 Å². The summed E-state index contributed by atoms with van der Waals surface area (Å²) in [6, 6.07) is 21.5. The maximum Gasteiger partial charge on any atom is 0.259 e. The Morgan fingerprint density at radius 2 is 1.81 bits per heavy atom. The summed E-state index contributed by atoms with van der Waals surface area (Å²) in [5.41, 5.74) is 4.54. The van der Waals surface area contributed by atoms with Crippen LogP contribution < -0.4 is 9.64 Å². The molecule has 3 aromatic rings. The second kappa shape index (κ2) is 9.29. The van der Waals surface area contributed by atoms with Crippen molar-refractivity contribution in [2.45, 2.75) is 20.5 Å². The molecule has 5 heteroatoms. The van der Waals surface area contributed by atoms with E-state index in [4.69, 9.17) is 16.3 Å². The smallest absolute Gasteiger partial charge is 0.259 e. The summed E-state index contributed by atoms with van der Waals surface area (Å²) >= 11 is 9.92. The molecule has 0 spiro atoms. The molecule has 0 fully saturated rings. The quantitative estimate of drug-likeness (QED) is 0.337. The van der Waals surface area contributed by atoms with Crippen LogP contribution in [-0.2, 0) is 11.4 Å². The highest BCUT2D eigenvalue weighted by molar-refractivity contribution is 9.10. The first kappa shape index (κ1) is 21.7. The molecule has 158 valence electrons. The number of carbonyl (C=O) groups excluding carboxylic acids is 1. The summed E-state index contributed by atoms with van der Waals surface area (Å²) in [5, 5.41) is 0.518. The highest BCUT2D eigenvalue weighted by Crippen LogP contribution is 2.38. The molecule has 1 aliphatic rings. The number of hydrogen-bond acceptors (Lipinski definition) is 2. The van der Waals surface area contributed by atoms with Crippen LogP contribution in [0.25, 0.3) is 11.6 Å². The van der Waals surface area contributed by atoms with Gasteiger partial charge in [-0.25, -0.2) is 0 Å². The number of nitrogens with zero attached hydrogens (tertiary/aromatic N) is 1. The first-order valence-corrected chi connectivity index (χ1v) is 11.4. The van der Waals surface area contributed by atoms with Gasteiger partial charge in [0, 0.05) is 22.2 Å². The highest BCUT2D eigenvalue weighted by atomic mass is 79.9. The van der Waals surface area contributed by atoms with Gasteiger partial charge in [0.25, 0.3) is 5.91 Å². The zero-order chi connectivity index (χ0) is 22.0. The SMILES string of the molecule is CC(C)CN1C(=O)/C(=C\c2ccc(OCc3ccc(Br)cc3)c(Cl)c2)c2ccccc21. The Kier molecular flexibility index (Phi) is 6.49. The molecule has 0 bridgehead atoms. The lowest BCUT2D eigenvalue weighted by atomic mass is 10.0. The van der Waals surface area contributed by atoms with Gasteiger partial charge >= 0.3 is 0 Å². The molecular weight excluding hydrogens is 474 g/mol. The van der Waals surface area contributed by atoms with Crippen molar-refractivity contribution >= 4 is 50.8 Å². The van der Waals surface area contributed by atoms with Crippen molar-refractivity contribution in [2.24, 2.45) is 5.92 Å². The van der Waals surface area contributed by atoms with Gasteiger partial charge < -0.3 is 9.64 Å². The van der Waals surface area contributed by atoms with Crippen LogP contribution in [0, 0.1) is 5.92 Å². The van der Waals surface area contributed by atoms with E-state index in [0.29, 0.717) is 35.4 Å². The minimum absolute atomic E-state index is 0.0292. The zero-order valence-corrected chi connectivity index (χ0v) is 19.8. The van der Waals surface area contributed by atoms with E-state index < -0.39 is 0 Å². The Morgan fingerprint density at radius 1 is 1.06 bits per heavy atom. The number of amides is 1. The molecule has 0 saturated heterocycles. The number of carbonyl (C=O) groups is 1. The van der Waals surface area contributed by atoms with Crippen molar-refractivity contribution in [3.63, 3.8) is 0 Å². The summed E-state index contributed by atoms with van der Waals surface area (Å²) in [6.45, 7) is 5.36. The largest absolute Gasteiger partial charge is 0.487 e. The summed E-state index contributed by atoms with van der Waals surface area (Å²) in [6.07, 6.45) is 1.91. The van der Waals surface area contributed by atoms with Crippen LogP contribution in [0.3, 0.4) is 0 Å². The Morgan fingerprint density at radius 3 is 2.52 bits per heavy atom. The Balaban J connectivity index is 1.56. The molecule has 1 aliphatic heterocycles. The highest BCUT2D eigenvalue weighted by Gasteiger charge is 2.32. The standard InChI is InChI=1S/C26H23BrClNO2/c1-17(2)15-29-24-6-4-3-5-21(24)22(26(29)30)13-19-9-12-25(23(28)14-19)31-16-18-7-10-20(27)11-8-18/h3-14,17H,15-16H2,1-2H3/b22-13-. The van der Waals surface area contributed by atoms with Crippen LogP contribution >= 0.6 is 27.5 Å². The normalized spacial score (nSPS) is 14.4. The third kappa shape index (κ3) is 4.86. The minimum atomic E-state index is 0.0292. The van der Waals surface area contributed by atoms with Crippen LogP contribution in [0.1, 0.15) is 30.5 Å². The van der Waals surface area contributed by atoms with Crippen molar-refractivity contribution < 1.29 is 9.53 Å². The van der Waals surface area contributed by atoms with E-state index in [9.17, 15) is 4.79 Å². The van der Waals surface area contributed by atoms with E-state index in [0.717, 1.165) is 26.9 Å². The molecule has 0 atom stereocenters. The molecule has 0 saturated carbocycles. The van der Waals surface area contributed by atoms with Crippen LogP contribution in [-0.4, -0.2) is 12.5 Å². The summed E-state index contributed by atoms with van der Waals surface area (Å²) in [7, 11) is 0. The average molecular weight is 497 g/mol. The predicted molar refractivity (Wildman–Crippen MR) is 131 cm³/mol. The molecular formula is C26H23BrClNO2. The monoisotopic (exact) mass is 495 g/mol. The van der Waals surface area contributed by atoms with Crippen LogP contribution in [0.4, 0.5) is 5.69 Å². The van der Waals surface area contributed by atoms with Crippen LogP contribution in [0.5, 0.6) is 5.75 Å². The summed E-state index contributed by atoms with van der Waals surface area (Å²) < 4.78 is 6.91. The fraction of sp³-hybridized carbons (Fsp3) is 0.192. The van der Waals surface area contributed by atoms with Gasteiger partial charge in [-0.2, -0.15) is 0 Å². The fourth-order valence-corrected chi connectivity index (χ4v) is 4.13. The van der Waals surface area contributed by atoms with Crippen LogP contribution in [0.15, 0.2) is 71.2 Å². The number of fused-ring (bicyclic) bond motifs is 1. The lowest BCUT2D eigenvalue weighted by molar-refractivity contribution is -0.113. The maximum atomic E-state index is 13.1. The van der Waals surface area contributed by atoms with E-state index in [1.54, 1.807) is 0 Å².